The molecular formula is C15H19N3O3. The van der Waals surface area contributed by atoms with E-state index in [1.54, 1.807) is 12.1 Å². The van der Waals surface area contributed by atoms with E-state index < -0.39 is 5.97 Å². The summed E-state index contributed by atoms with van der Waals surface area (Å²) in [6, 6.07) is 7.41. The summed E-state index contributed by atoms with van der Waals surface area (Å²) in [4.78, 5) is 11.0. The van der Waals surface area contributed by atoms with Crippen molar-refractivity contribution in [3.05, 3.63) is 42.2 Å². The van der Waals surface area contributed by atoms with E-state index in [4.69, 9.17) is 4.74 Å². The number of benzene rings is 1. The van der Waals surface area contributed by atoms with Crippen LogP contribution in [0.15, 0.2) is 36.7 Å². The molecule has 0 radical (unpaired) electrons. The Balaban J connectivity index is 1.83. The van der Waals surface area contributed by atoms with Gasteiger partial charge in [-0.25, -0.2) is 4.79 Å². The molecule has 0 aliphatic heterocycles. The first kappa shape index (κ1) is 14.9. The molecule has 0 spiro atoms. The first-order valence-electron chi connectivity index (χ1n) is 6.76. The Bertz CT molecular complexity index is 578. The second kappa shape index (κ2) is 7.33. The lowest BCUT2D eigenvalue weighted by atomic mass is 10.3. The number of aromatic nitrogens is 2. The summed E-state index contributed by atoms with van der Waals surface area (Å²) >= 11 is 0. The summed E-state index contributed by atoms with van der Waals surface area (Å²) in [5, 5.41) is 7.52. The first-order valence-corrected chi connectivity index (χ1v) is 6.76. The zero-order chi connectivity index (χ0) is 15.1. The van der Waals surface area contributed by atoms with Gasteiger partial charge in [-0.3, -0.25) is 4.68 Å². The zero-order valence-electron chi connectivity index (χ0n) is 12.2. The molecule has 6 nitrogen and oxygen atoms in total. The molecule has 112 valence electrons. The lowest BCUT2D eigenvalue weighted by molar-refractivity contribution is -0.142. The van der Waals surface area contributed by atoms with Crippen LogP contribution in [0, 0.1) is 0 Å². The van der Waals surface area contributed by atoms with Gasteiger partial charge in [0.15, 0.2) is 6.61 Å². The fourth-order valence-corrected chi connectivity index (χ4v) is 1.74. The molecule has 0 saturated carbocycles. The molecule has 1 N–H and O–H groups in total. The number of hydrogen-bond donors (Lipinski definition) is 1. The summed E-state index contributed by atoms with van der Waals surface area (Å²) in [6.07, 6.45) is 3.87. The van der Waals surface area contributed by atoms with Crippen molar-refractivity contribution in [1.29, 1.82) is 0 Å². The second-order valence-electron chi connectivity index (χ2n) is 4.45. The molecule has 1 aromatic heterocycles. The minimum atomic E-state index is -0.398. The van der Waals surface area contributed by atoms with Gasteiger partial charge in [0.25, 0.3) is 0 Å². The van der Waals surface area contributed by atoms with Crippen molar-refractivity contribution in [2.75, 3.05) is 19.0 Å². The van der Waals surface area contributed by atoms with Crippen LogP contribution in [-0.4, -0.2) is 29.5 Å². The first-order chi connectivity index (χ1) is 10.2. The Morgan fingerprint density at radius 3 is 2.71 bits per heavy atom. The summed E-state index contributed by atoms with van der Waals surface area (Å²) in [6.45, 7) is 3.55. The van der Waals surface area contributed by atoms with Crippen LogP contribution in [0.1, 0.15) is 12.5 Å². The third-order valence-corrected chi connectivity index (χ3v) is 2.95. The SMILES string of the molecule is CCn1cc(CNc2ccc(OCC(=O)OC)cc2)cn1. The molecule has 2 rings (SSSR count). The highest BCUT2D eigenvalue weighted by molar-refractivity contribution is 5.70. The minimum Gasteiger partial charge on any atom is -0.482 e. The number of anilines is 1. The van der Waals surface area contributed by atoms with Crippen molar-refractivity contribution in [1.82, 2.24) is 9.78 Å². The highest BCUT2D eigenvalue weighted by atomic mass is 16.6. The number of aryl methyl sites for hydroxylation is 1. The standard InChI is InChI=1S/C15H19N3O3/c1-3-18-10-12(9-17-18)8-16-13-4-6-14(7-5-13)21-11-15(19)20-2/h4-7,9-10,16H,3,8,11H2,1-2H3. The maximum Gasteiger partial charge on any atom is 0.343 e. The highest BCUT2D eigenvalue weighted by Crippen LogP contribution is 2.16. The predicted octanol–water partition coefficient (Wildman–Crippen LogP) is 2.07. The second-order valence-corrected chi connectivity index (χ2v) is 4.45. The fraction of sp³-hybridized carbons (Fsp3) is 0.333. The molecule has 6 heteroatoms. The number of methoxy groups -OCH3 is 1. The Hall–Kier alpha value is -2.50. The topological polar surface area (TPSA) is 65.4 Å². The van der Waals surface area contributed by atoms with E-state index in [1.807, 2.05) is 29.2 Å². The molecule has 0 aliphatic rings. The van der Waals surface area contributed by atoms with E-state index >= 15 is 0 Å². The molecule has 2 aromatic rings. The lowest BCUT2D eigenvalue weighted by Gasteiger charge is -2.07. The largest absolute Gasteiger partial charge is 0.482 e. The van der Waals surface area contributed by atoms with Gasteiger partial charge in [-0.1, -0.05) is 0 Å². The predicted molar refractivity (Wildman–Crippen MR) is 79.2 cm³/mol. The average molecular weight is 289 g/mol. The van der Waals surface area contributed by atoms with Gasteiger partial charge in [-0.05, 0) is 31.2 Å². The summed E-state index contributed by atoms with van der Waals surface area (Å²) in [7, 11) is 1.33. The normalized spacial score (nSPS) is 10.2. The van der Waals surface area contributed by atoms with Gasteiger partial charge in [0, 0.05) is 30.5 Å². The van der Waals surface area contributed by atoms with E-state index in [0.29, 0.717) is 12.3 Å². The van der Waals surface area contributed by atoms with Crippen LogP contribution >= 0.6 is 0 Å². The molecule has 1 aromatic carbocycles. The van der Waals surface area contributed by atoms with Crippen LogP contribution in [0.5, 0.6) is 5.75 Å². The van der Waals surface area contributed by atoms with E-state index in [-0.39, 0.29) is 6.61 Å². The highest BCUT2D eigenvalue weighted by Gasteiger charge is 2.02. The molecular weight excluding hydrogens is 270 g/mol. The molecule has 0 amide bonds. The van der Waals surface area contributed by atoms with Crippen LogP contribution in [0.2, 0.25) is 0 Å². The van der Waals surface area contributed by atoms with Gasteiger partial charge >= 0.3 is 5.97 Å². The zero-order valence-corrected chi connectivity index (χ0v) is 12.2. The van der Waals surface area contributed by atoms with E-state index in [9.17, 15) is 4.79 Å². The van der Waals surface area contributed by atoms with Gasteiger partial charge in [0.05, 0.1) is 13.3 Å². The Labute approximate surface area is 123 Å². The van der Waals surface area contributed by atoms with Gasteiger partial charge in [0.2, 0.25) is 0 Å². The van der Waals surface area contributed by atoms with Gasteiger partial charge in [0.1, 0.15) is 5.75 Å². The minimum absolute atomic E-state index is 0.0839. The summed E-state index contributed by atoms with van der Waals surface area (Å²) < 4.78 is 11.7. The van der Waals surface area contributed by atoms with E-state index in [1.165, 1.54) is 7.11 Å². The van der Waals surface area contributed by atoms with E-state index in [0.717, 1.165) is 17.8 Å². The lowest BCUT2D eigenvalue weighted by Crippen LogP contribution is -2.12. The Morgan fingerprint density at radius 1 is 1.33 bits per heavy atom. The fourth-order valence-electron chi connectivity index (χ4n) is 1.74. The number of ether oxygens (including phenoxy) is 2. The van der Waals surface area contributed by atoms with Crippen molar-refractivity contribution < 1.29 is 14.3 Å². The van der Waals surface area contributed by atoms with Crippen LogP contribution in [-0.2, 0) is 22.6 Å². The number of rotatable bonds is 7. The van der Waals surface area contributed by atoms with Crippen LogP contribution < -0.4 is 10.1 Å². The van der Waals surface area contributed by atoms with Crippen LogP contribution in [0.25, 0.3) is 0 Å². The third kappa shape index (κ3) is 4.52. The molecule has 0 aliphatic carbocycles. The van der Waals surface area contributed by atoms with Crippen molar-refractivity contribution in [3.8, 4) is 5.75 Å². The van der Waals surface area contributed by atoms with Gasteiger partial charge in [-0.2, -0.15) is 5.10 Å². The number of nitrogens with one attached hydrogen (secondary N) is 1. The summed E-state index contributed by atoms with van der Waals surface area (Å²) in [5.41, 5.74) is 2.10. The molecule has 0 fully saturated rings. The molecule has 0 unspecified atom stereocenters. The number of carbonyl (C=O) groups excluding carboxylic acids is 1. The number of esters is 1. The molecule has 0 bridgehead atoms. The number of carbonyl (C=O) groups is 1. The maximum absolute atomic E-state index is 11.0. The van der Waals surface area contributed by atoms with Crippen molar-refractivity contribution in [2.24, 2.45) is 0 Å². The summed E-state index contributed by atoms with van der Waals surface area (Å²) in [5.74, 6) is 0.231. The molecule has 1 heterocycles. The van der Waals surface area contributed by atoms with Crippen LogP contribution in [0.4, 0.5) is 5.69 Å². The van der Waals surface area contributed by atoms with Gasteiger partial charge < -0.3 is 14.8 Å². The average Bonchev–Trinajstić information content (AvgIpc) is 2.99. The van der Waals surface area contributed by atoms with Crippen molar-refractivity contribution >= 4 is 11.7 Å². The van der Waals surface area contributed by atoms with E-state index in [2.05, 4.69) is 22.1 Å². The van der Waals surface area contributed by atoms with Crippen LogP contribution in [0.3, 0.4) is 0 Å². The molecule has 0 saturated heterocycles. The maximum atomic E-state index is 11.0. The monoisotopic (exact) mass is 289 g/mol. The number of hydrogen-bond acceptors (Lipinski definition) is 5. The van der Waals surface area contributed by atoms with Crippen molar-refractivity contribution in [3.63, 3.8) is 0 Å². The third-order valence-electron chi connectivity index (χ3n) is 2.95. The molecule has 21 heavy (non-hydrogen) atoms. The smallest absolute Gasteiger partial charge is 0.343 e. The van der Waals surface area contributed by atoms with Gasteiger partial charge in [-0.15, -0.1) is 0 Å². The quantitative estimate of drug-likeness (QED) is 0.790. The Kier molecular flexibility index (Phi) is 5.20. The van der Waals surface area contributed by atoms with Crippen molar-refractivity contribution in [2.45, 2.75) is 20.0 Å². The molecule has 0 atom stereocenters. The Morgan fingerprint density at radius 2 is 2.10 bits per heavy atom. The number of nitrogens with zero attached hydrogens (tertiary/aromatic N) is 2.